The Hall–Kier alpha value is -6.22. The predicted molar refractivity (Wildman–Crippen MR) is 215 cm³/mol. The summed E-state index contributed by atoms with van der Waals surface area (Å²) in [7, 11) is 1.35. The van der Waals surface area contributed by atoms with Gasteiger partial charge in [-0.25, -0.2) is 9.59 Å². The van der Waals surface area contributed by atoms with E-state index in [1.807, 2.05) is 0 Å². The summed E-state index contributed by atoms with van der Waals surface area (Å²) < 4.78 is 56.7. The van der Waals surface area contributed by atoms with E-state index in [1.54, 1.807) is 6.92 Å². The Morgan fingerprint density at radius 2 is 1.48 bits per heavy atom. The van der Waals surface area contributed by atoms with Crippen molar-refractivity contribution < 1.29 is 86.1 Å². The van der Waals surface area contributed by atoms with Gasteiger partial charge in [0.15, 0.2) is 30.0 Å². The van der Waals surface area contributed by atoms with Gasteiger partial charge in [0.1, 0.15) is 42.0 Å². The second-order valence-electron chi connectivity index (χ2n) is 17.6. The van der Waals surface area contributed by atoms with Gasteiger partial charge >= 0.3 is 47.8 Å². The first-order valence-corrected chi connectivity index (χ1v) is 20.8. The number of rotatable bonds is 9. The zero-order valence-electron chi connectivity index (χ0n) is 37.5. The Kier molecular flexibility index (Phi) is 13.1. The van der Waals surface area contributed by atoms with Gasteiger partial charge in [-0.05, 0) is 32.0 Å². The van der Waals surface area contributed by atoms with Crippen molar-refractivity contribution in [3.05, 3.63) is 63.8 Å². The molecule has 6 rings (SSSR count). The Morgan fingerprint density at radius 1 is 0.862 bits per heavy atom. The van der Waals surface area contributed by atoms with Crippen LogP contribution in [0.15, 0.2) is 41.5 Å². The summed E-state index contributed by atoms with van der Waals surface area (Å²) in [4.78, 5) is 127. The molecule has 4 aliphatic rings. The third-order valence-electron chi connectivity index (χ3n) is 12.5. The van der Waals surface area contributed by atoms with Crippen LogP contribution in [0.3, 0.4) is 0 Å². The number of hydrogen-bond donors (Lipinski definition) is 1. The zero-order valence-corrected chi connectivity index (χ0v) is 37.5. The normalized spacial score (nSPS) is 33.8. The summed E-state index contributed by atoms with van der Waals surface area (Å²) in [6, 6.07) is 5.03. The predicted octanol–water partition coefficient (Wildman–Crippen LogP) is 1.42. The molecule has 12 atom stereocenters. The van der Waals surface area contributed by atoms with Gasteiger partial charge in [0.2, 0.25) is 5.56 Å². The number of aliphatic hydroxyl groups is 1. The number of ether oxygens (including phenoxy) is 9. The number of fused-ring (bicyclic) bond motifs is 5. The SMILES string of the molecule is CC(=O)OC[C@]12[C@H](OC(C)=O)[C@H](OC(=O)C(C)C)[C@@H]3[C@@H](OC(C)=O)[C@@]14O[C@@]3(C)COC(=O)c1cccnc1C(C)CC(=O)O[C@@H]([C@H](OC(=O)c1ccc(=O)n(C)c1)[C@@H]2OC(C)=O)[C@]4(C)O. The van der Waals surface area contributed by atoms with E-state index in [0.717, 1.165) is 57.5 Å². The Morgan fingerprint density at radius 3 is 2.06 bits per heavy atom. The molecule has 0 aromatic carbocycles. The van der Waals surface area contributed by atoms with Crippen LogP contribution >= 0.6 is 0 Å². The highest BCUT2D eigenvalue weighted by Crippen LogP contribution is 2.70. The van der Waals surface area contributed by atoms with E-state index in [2.05, 4.69) is 4.98 Å². The fourth-order valence-electron chi connectivity index (χ4n) is 9.94. The lowest BCUT2D eigenvalue weighted by Crippen LogP contribution is -2.89. The number of cyclic esters (lactones) is 1. The minimum atomic E-state index is -2.93. The van der Waals surface area contributed by atoms with E-state index in [0.29, 0.717) is 0 Å². The summed E-state index contributed by atoms with van der Waals surface area (Å²) in [5.41, 5.74) is -11.3. The van der Waals surface area contributed by atoms with Gasteiger partial charge in [-0.1, -0.05) is 20.8 Å². The van der Waals surface area contributed by atoms with Crippen LogP contribution in [-0.2, 0) is 78.4 Å². The van der Waals surface area contributed by atoms with Crippen molar-refractivity contribution in [2.45, 2.75) is 128 Å². The van der Waals surface area contributed by atoms with Crippen molar-refractivity contribution in [1.82, 2.24) is 9.55 Å². The average molecular weight is 913 g/mol. The summed E-state index contributed by atoms with van der Waals surface area (Å²) in [5, 5.41) is 13.7. The lowest BCUT2D eigenvalue weighted by molar-refractivity contribution is -0.386. The fourth-order valence-corrected chi connectivity index (χ4v) is 9.94. The molecule has 1 spiro atoms. The quantitative estimate of drug-likeness (QED) is 0.275. The monoisotopic (exact) mass is 912 g/mol. The number of pyridine rings is 2. The average Bonchev–Trinajstić information content (AvgIpc) is 3.43. The Balaban J connectivity index is 1.80. The highest BCUT2D eigenvalue weighted by molar-refractivity contribution is 5.91. The van der Waals surface area contributed by atoms with Crippen LogP contribution in [0.2, 0.25) is 0 Å². The zero-order chi connectivity index (χ0) is 48.1. The Bertz CT molecular complexity index is 2360. The number of carbonyl (C=O) groups is 8. The molecular formula is C44H52N2O19. The van der Waals surface area contributed by atoms with Crippen LogP contribution < -0.4 is 5.56 Å². The van der Waals surface area contributed by atoms with Gasteiger partial charge in [0.25, 0.3) is 0 Å². The van der Waals surface area contributed by atoms with Crippen LogP contribution in [0.25, 0.3) is 0 Å². The van der Waals surface area contributed by atoms with Crippen LogP contribution in [0.1, 0.15) is 101 Å². The van der Waals surface area contributed by atoms with Crippen molar-refractivity contribution in [2.75, 3.05) is 13.2 Å². The molecule has 3 fully saturated rings. The maximum absolute atomic E-state index is 14.4. The van der Waals surface area contributed by atoms with Gasteiger partial charge < -0.3 is 52.3 Å². The van der Waals surface area contributed by atoms with E-state index in [4.69, 9.17) is 42.6 Å². The first-order valence-electron chi connectivity index (χ1n) is 20.8. The molecule has 21 nitrogen and oxygen atoms in total. The molecule has 4 bridgehead atoms. The molecule has 4 heterocycles. The van der Waals surface area contributed by atoms with E-state index in [9.17, 15) is 48.3 Å². The molecule has 352 valence electrons. The lowest BCUT2D eigenvalue weighted by Gasteiger charge is -2.67. The maximum Gasteiger partial charge on any atom is 0.340 e. The first-order chi connectivity index (χ1) is 30.3. The molecular weight excluding hydrogens is 860 g/mol. The molecule has 2 saturated carbocycles. The third kappa shape index (κ3) is 8.23. The Labute approximate surface area is 372 Å². The van der Waals surface area contributed by atoms with E-state index >= 15 is 0 Å². The summed E-state index contributed by atoms with van der Waals surface area (Å²) in [5.74, 6) is -11.9. The van der Waals surface area contributed by atoms with Crippen LogP contribution in [-0.4, -0.2) is 129 Å². The molecule has 65 heavy (non-hydrogen) atoms. The molecule has 2 aromatic rings. The summed E-state index contributed by atoms with van der Waals surface area (Å²) >= 11 is 0. The second kappa shape index (κ2) is 17.6. The van der Waals surface area contributed by atoms with Crippen molar-refractivity contribution in [3.8, 4) is 0 Å². The van der Waals surface area contributed by atoms with Crippen molar-refractivity contribution in [3.63, 3.8) is 0 Å². The van der Waals surface area contributed by atoms with Gasteiger partial charge in [-0.15, -0.1) is 0 Å². The topological polar surface area (TPSA) is 275 Å². The number of carbonyl (C=O) groups excluding carboxylic acids is 8. The second-order valence-corrected chi connectivity index (χ2v) is 17.6. The van der Waals surface area contributed by atoms with Crippen molar-refractivity contribution in [2.24, 2.45) is 24.3 Å². The molecule has 2 aromatic heterocycles. The number of aromatic nitrogens is 2. The highest BCUT2D eigenvalue weighted by Gasteiger charge is 2.92. The smallest absolute Gasteiger partial charge is 0.340 e. The van der Waals surface area contributed by atoms with Gasteiger partial charge in [-0.2, -0.15) is 0 Å². The minimum Gasteiger partial charge on any atom is -0.465 e. The van der Waals surface area contributed by atoms with Crippen molar-refractivity contribution in [1.29, 1.82) is 0 Å². The van der Waals surface area contributed by atoms with E-state index < -0.39 is 150 Å². The molecule has 21 heteroatoms. The molecule has 1 N–H and O–H groups in total. The molecule has 2 aliphatic carbocycles. The fraction of sp³-hybridized carbons (Fsp3) is 0.591. The largest absolute Gasteiger partial charge is 0.465 e. The summed E-state index contributed by atoms with van der Waals surface area (Å²) in [6.07, 6.45) is -10.7. The van der Waals surface area contributed by atoms with Gasteiger partial charge in [0.05, 0.1) is 35.1 Å². The van der Waals surface area contributed by atoms with Crippen LogP contribution in [0, 0.1) is 17.3 Å². The molecule has 0 amide bonds. The third-order valence-corrected chi connectivity index (χ3v) is 12.5. The van der Waals surface area contributed by atoms with E-state index in [1.165, 1.54) is 46.1 Å². The molecule has 1 unspecified atom stereocenters. The lowest BCUT2D eigenvalue weighted by atomic mass is 9.45. The van der Waals surface area contributed by atoms with Crippen molar-refractivity contribution >= 4 is 47.8 Å². The van der Waals surface area contributed by atoms with E-state index in [-0.39, 0.29) is 16.8 Å². The standard InChI is InChI=1S/C44H52N2O19/c1-20(2)38(53)63-32-30-34(59-23(5)48)44-42(9,56)35(62-29(52)16-21(3)31-27(12-11-15-45-31)40(55)58-18-41(30,8)65-44)33(64-39(54)26-13-14-28(51)46(10)17-26)37(61-25(7)50)43(44,19-57-22(4)47)36(32)60-24(6)49/h11-15,17,20-21,30,32-37,56H,16,18-19H2,1-10H3/t21?,30-,32-,33+,34-,35+,36-,37+,41+,42+,43-,44+/m1/s1. The number of hydrogen-bond acceptors (Lipinski definition) is 20. The maximum atomic E-state index is 14.4. The number of nitrogens with zero attached hydrogens (tertiary/aromatic N) is 2. The first kappa shape index (κ1) is 48.2. The highest BCUT2D eigenvalue weighted by atomic mass is 16.7. The molecule has 0 radical (unpaired) electrons. The number of aryl methyl sites for hydroxylation is 1. The summed E-state index contributed by atoms with van der Waals surface area (Å²) in [6.45, 7) is 8.95. The minimum absolute atomic E-state index is 0.0694. The number of esters is 8. The van der Waals surface area contributed by atoms with Crippen LogP contribution in [0.5, 0.6) is 0 Å². The van der Waals surface area contributed by atoms with Crippen LogP contribution in [0.4, 0.5) is 0 Å². The molecule has 1 saturated heterocycles. The molecule has 2 aliphatic heterocycles. The van der Waals surface area contributed by atoms with Gasteiger partial charge in [-0.3, -0.25) is 38.5 Å². The van der Waals surface area contributed by atoms with Gasteiger partial charge in [0, 0.05) is 59.1 Å².